The summed E-state index contributed by atoms with van der Waals surface area (Å²) in [6.45, 7) is 7.35. The Hall–Kier alpha value is -3.56. The molecule has 1 aromatic heterocycles. The zero-order valence-corrected chi connectivity index (χ0v) is 21.3. The van der Waals surface area contributed by atoms with Gasteiger partial charge in [0.2, 0.25) is 5.95 Å². The number of amides is 2. The van der Waals surface area contributed by atoms with E-state index in [0.29, 0.717) is 11.9 Å². The molecule has 0 saturated heterocycles. The molecule has 2 amide bonds. The Morgan fingerprint density at radius 1 is 1.08 bits per heavy atom. The molecule has 1 aliphatic rings. The van der Waals surface area contributed by atoms with Crippen molar-refractivity contribution in [1.29, 1.82) is 0 Å². The van der Waals surface area contributed by atoms with E-state index in [0.717, 1.165) is 42.5 Å². The van der Waals surface area contributed by atoms with Crippen molar-refractivity contribution in [2.24, 2.45) is 0 Å². The summed E-state index contributed by atoms with van der Waals surface area (Å²) in [5.41, 5.74) is 0.834. The third-order valence-electron chi connectivity index (χ3n) is 6.32. The predicted molar refractivity (Wildman–Crippen MR) is 135 cm³/mol. The van der Waals surface area contributed by atoms with E-state index in [1.807, 2.05) is 29.7 Å². The second kappa shape index (κ2) is 10.1. The van der Waals surface area contributed by atoms with Crippen LogP contribution >= 0.6 is 0 Å². The van der Waals surface area contributed by atoms with Crippen molar-refractivity contribution < 1.29 is 27.5 Å². The van der Waals surface area contributed by atoms with Crippen LogP contribution in [0.3, 0.4) is 0 Å². The fraction of sp³-hybridized carbons (Fsp3) is 0.444. The minimum Gasteiger partial charge on any atom is -0.444 e. The number of aryl methyl sites for hydroxylation is 1. The Morgan fingerprint density at radius 2 is 1.81 bits per heavy atom. The van der Waals surface area contributed by atoms with Gasteiger partial charge >= 0.3 is 12.3 Å². The number of hydrogen-bond acceptors (Lipinski definition) is 4. The molecule has 2 atom stereocenters. The quantitative estimate of drug-likeness (QED) is 0.408. The van der Waals surface area contributed by atoms with Gasteiger partial charge in [-0.3, -0.25) is 10.1 Å². The van der Waals surface area contributed by atoms with Gasteiger partial charge in [-0.2, -0.15) is 13.2 Å². The number of fused-ring (bicyclic) bond motifs is 1. The Bertz CT molecular complexity index is 1310. The molecule has 2 N–H and O–H groups in total. The van der Waals surface area contributed by atoms with Gasteiger partial charge in [-0.1, -0.05) is 18.2 Å². The van der Waals surface area contributed by atoms with E-state index in [-0.39, 0.29) is 23.6 Å². The van der Waals surface area contributed by atoms with Gasteiger partial charge in [-0.15, -0.1) is 0 Å². The highest BCUT2D eigenvalue weighted by Gasteiger charge is 2.32. The Labute approximate surface area is 213 Å². The van der Waals surface area contributed by atoms with Crippen LogP contribution in [0.1, 0.15) is 74.0 Å². The van der Waals surface area contributed by atoms with Crippen LogP contribution < -0.4 is 10.6 Å². The normalized spacial score (nSPS) is 18.5. The van der Waals surface area contributed by atoms with Gasteiger partial charge in [0, 0.05) is 17.6 Å². The third-order valence-corrected chi connectivity index (χ3v) is 6.32. The number of nitrogens with zero attached hydrogens (tertiary/aromatic N) is 2. The number of ether oxygens (including phenoxy) is 1. The molecule has 3 aromatic rings. The molecule has 10 heteroatoms. The van der Waals surface area contributed by atoms with E-state index in [2.05, 4.69) is 15.6 Å². The van der Waals surface area contributed by atoms with Crippen LogP contribution in [-0.4, -0.2) is 33.2 Å². The number of hydrogen-bond donors (Lipinski definition) is 2. The summed E-state index contributed by atoms with van der Waals surface area (Å²) in [5, 5.41) is 5.69. The molecule has 198 valence electrons. The van der Waals surface area contributed by atoms with Gasteiger partial charge in [0.05, 0.1) is 16.6 Å². The molecule has 0 bridgehead atoms. The number of alkyl halides is 3. The van der Waals surface area contributed by atoms with E-state index in [1.54, 1.807) is 20.8 Å². The number of imidazole rings is 1. The van der Waals surface area contributed by atoms with Gasteiger partial charge in [0.1, 0.15) is 5.60 Å². The molecule has 1 fully saturated rings. The van der Waals surface area contributed by atoms with E-state index in [9.17, 15) is 22.8 Å². The lowest BCUT2D eigenvalue weighted by Crippen LogP contribution is -2.41. The average Bonchev–Trinajstić information content (AvgIpc) is 3.16. The van der Waals surface area contributed by atoms with Crippen molar-refractivity contribution in [3.63, 3.8) is 0 Å². The van der Waals surface area contributed by atoms with Crippen molar-refractivity contribution in [1.82, 2.24) is 14.9 Å². The number of aromatic nitrogens is 2. The van der Waals surface area contributed by atoms with Gasteiger partial charge < -0.3 is 14.6 Å². The lowest BCUT2D eigenvalue weighted by molar-refractivity contribution is -0.137. The van der Waals surface area contributed by atoms with Gasteiger partial charge in [-0.05, 0) is 83.2 Å². The molecule has 1 aliphatic carbocycles. The number of para-hydroxylation sites is 1. The number of anilines is 1. The monoisotopic (exact) mass is 516 g/mol. The molecule has 7 nitrogen and oxygen atoms in total. The molecule has 1 heterocycles. The largest absolute Gasteiger partial charge is 0.444 e. The molecule has 0 radical (unpaired) electrons. The van der Waals surface area contributed by atoms with Crippen LogP contribution in [0.4, 0.5) is 23.9 Å². The van der Waals surface area contributed by atoms with E-state index < -0.39 is 29.3 Å². The van der Waals surface area contributed by atoms with E-state index in [4.69, 9.17) is 4.74 Å². The second-order valence-corrected chi connectivity index (χ2v) is 10.4. The minimum absolute atomic E-state index is 0.100. The minimum atomic E-state index is -4.56. The smallest absolute Gasteiger partial charge is 0.416 e. The molecule has 1 unspecified atom stereocenters. The first-order valence-electron chi connectivity index (χ1n) is 12.3. The fourth-order valence-corrected chi connectivity index (χ4v) is 4.78. The lowest BCUT2D eigenvalue weighted by atomic mass is 9.90. The molecule has 0 spiro atoms. The SMILES string of the molecule is Cc1cccc2nc(NC(=O)c3cccc(C(F)(F)F)c3)n(C3CCC[C@H](NC(=O)OC(C)(C)C)C3)c12. The van der Waals surface area contributed by atoms with Crippen LogP contribution in [0.2, 0.25) is 0 Å². The first-order valence-corrected chi connectivity index (χ1v) is 12.3. The maximum Gasteiger partial charge on any atom is 0.416 e. The predicted octanol–water partition coefficient (Wildman–Crippen LogP) is 6.62. The maximum atomic E-state index is 13.2. The number of nitrogens with one attached hydrogen (secondary N) is 2. The number of alkyl carbamates (subject to hydrolysis) is 1. The van der Waals surface area contributed by atoms with Crippen molar-refractivity contribution in [2.75, 3.05) is 5.32 Å². The summed E-state index contributed by atoms with van der Waals surface area (Å²) in [6.07, 6.45) is -2.04. The molecular weight excluding hydrogens is 485 g/mol. The zero-order valence-electron chi connectivity index (χ0n) is 21.3. The maximum absolute atomic E-state index is 13.2. The molecule has 0 aliphatic heterocycles. The summed E-state index contributed by atoms with van der Waals surface area (Å²) in [6, 6.07) is 9.70. The van der Waals surface area contributed by atoms with E-state index >= 15 is 0 Å². The summed E-state index contributed by atoms with van der Waals surface area (Å²) in [5.74, 6) is -0.422. The molecule has 2 aromatic carbocycles. The van der Waals surface area contributed by atoms with E-state index in [1.165, 1.54) is 12.1 Å². The molecule has 1 saturated carbocycles. The number of halogens is 3. The lowest BCUT2D eigenvalue weighted by Gasteiger charge is -2.32. The standard InChI is InChI=1S/C27H31F3N4O3/c1-16-8-5-13-21-22(16)34(20-12-7-11-19(15-20)31-25(36)37-26(2,3)4)24(32-21)33-23(35)17-9-6-10-18(14-17)27(28,29)30/h5-6,8-10,13-14,19-20H,7,11-12,15H2,1-4H3,(H,31,36)(H,32,33,35)/t19-,20?/m0/s1. The highest BCUT2D eigenvalue weighted by molar-refractivity contribution is 6.04. The Balaban J connectivity index is 1.63. The highest BCUT2D eigenvalue weighted by atomic mass is 19.4. The zero-order chi connectivity index (χ0) is 27.0. The summed E-state index contributed by atoms with van der Waals surface area (Å²) in [7, 11) is 0. The number of rotatable bonds is 4. The van der Waals surface area contributed by atoms with Crippen molar-refractivity contribution >= 4 is 29.0 Å². The van der Waals surface area contributed by atoms with Crippen LogP contribution in [0, 0.1) is 6.92 Å². The Kier molecular flexibility index (Phi) is 7.21. The van der Waals surface area contributed by atoms with Crippen molar-refractivity contribution in [3.8, 4) is 0 Å². The van der Waals surface area contributed by atoms with Crippen LogP contribution in [-0.2, 0) is 10.9 Å². The van der Waals surface area contributed by atoms with Crippen LogP contribution in [0.5, 0.6) is 0 Å². The summed E-state index contributed by atoms with van der Waals surface area (Å²) < 4.78 is 46.9. The fourth-order valence-electron chi connectivity index (χ4n) is 4.78. The second-order valence-electron chi connectivity index (χ2n) is 10.4. The van der Waals surface area contributed by atoms with Crippen molar-refractivity contribution in [3.05, 3.63) is 59.2 Å². The van der Waals surface area contributed by atoms with Gasteiger partial charge in [0.15, 0.2) is 0 Å². The van der Waals surface area contributed by atoms with Gasteiger partial charge in [0.25, 0.3) is 5.91 Å². The highest BCUT2D eigenvalue weighted by Crippen LogP contribution is 2.36. The molecule has 37 heavy (non-hydrogen) atoms. The molecular formula is C27H31F3N4O3. The van der Waals surface area contributed by atoms with Crippen LogP contribution in [0.25, 0.3) is 11.0 Å². The summed E-state index contributed by atoms with van der Waals surface area (Å²) >= 11 is 0. The number of carbonyl (C=O) groups is 2. The third kappa shape index (κ3) is 6.23. The first kappa shape index (κ1) is 26.5. The summed E-state index contributed by atoms with van der Waals surface area (Å²) in [4.78, 5) is 30.0. The van der Waals surface area contributed by atoms with Crippen molar-refractivity contribution in [2.45, 2.75) is 77.2 Å². The number of benzene rings is 2. The first-order chi connectivity index (χ1) is 17.3. The van der Waals surface area contributed by atoms with Gasteiger partial charge in [-0.25, -0.2) is 9.78 Å². The topological polar surface area (TPSA) is 85.3 Å². The Morgan fingerprint density at radius 3 is 2.51 bits per heavy atom. The molecule has 4 rings (SSSR count). The van der Waals surface area contributed by atoms with Crippen LogP contribution in [0.15, 0.2) is 42.5 Å². The average molecular weight is 517 g/mol. The number of carbonyl (C=O) groups excluding carboxylic acids is 2.